The van der Waals surface area contributed by atoms with Gasteiger partial charge in [-0.1, -0.05) is 31.8 Å². The predicted molar refractivity (Wildman–Crippen MR) is 124 cm³/mol. The molecule has 0 N–H and O–H groups in total. The fraction of sp³-hybridized carbons (Fsp3) is 0.450. The van der Waals surface area contributed by atoms with Gasteiger partial charge < -0.3 is 14.4 Å². The second kappa shape index (κ2) is 10.5. The molecule has 4 nitrogen and oxygen atoms in total. The van der Waals surface area contributed by atoms with E-state index in [4.69, 9.17) is 9.47 Å². The van der Waals surface area contributed by atoms with Gasteiger partial charge in [-0.15, -0.1) is 11.3 Å². The van der Waals surface area contributed by atoms with Gasteiger partial charge in [0, 0.05) is 36.5 Å². The maximum absolute atomic E-state index is 12.2. The molecule has 0 radical (unpaired) electrons. The molecule has 1 aromatic carbocycles. The number of carbonyl (C=O) groups is 1. The smallest absolute Gasteiger partial charge is 0.409 e. The number of thiophene rings is 1. The van der Waals surface area contributed by atoms with Crippen molar-refractivity contribution >= 4 is 48.1 Å². The molecule has 1 unspecified atom stereocenters. The minimum Gasteiger partial charge on any atom is -0.485 e. The van der Waals surface area contributed by atoms with E-state index >= 15 is 0 Å². The van der Waals surface area contributed by atoms with Crippen molar-refractivity contribution in [2.45, 2.75) is 38.2 Å². The van der Waals surface area contributed by atoms with E-state index in [1.54, 1.807) is 23.3 Å². The van der Waals surface area contributed by atoms with Crippen LogP contribution in [0.25, 0.3) is 0 Å². The number of ether oxygens (including phenoxy) is 2. The zero-order chi connectivity index (χ0) is 19.9. The Morgan fingerprint density at radius 2 is 2.04 bits per heavy atom. The average Bonchev–Trinajstić information content (AvgIpc) is 3.11. The van der Waals surface area contributed by atoms with Crippen LogP contribution in [0.1, 0.15) is 17.4 Å². The minimum absolute atomic E-state index is 0.0829. The Balaban J connectivity index is 1.90. The predicted octanol–water partition coefficient (Wildman–Crippen LogP) is 6.27. The van der Waals surface area contributed by atoms with Gasteiger partial charge in [0.05, 0.1) is 6.61 Å². The first-order valence-corrected chi connectivity index (χ1v) is 14.7. The van der Waals surface area contributed by atoms with E-state index in [1.807, 2.05) is 30.3 Å². The maximum atomic E-state index is 12.2. The molecule has 0 saturated heterocycles. The van der Waals surface area contributed by atoms with Crippen LogP contribution in [0.2, 0.25) is 25.7 Å². The van der Waals surface area contributed by atoms with Gasteiger partial charge in [0.1, 0.15) is 11.9 Å². The molecule has 0 saturated carbocycles. The van der Waals surface area contributed by atoms with Crippen molar-refractivity contribution in [2.24, 2.45) is 0 Å². The number of hydrogen-bond donors (Lipinski definition) is 0. The highest BCUT2D eigenvalue weighted by Crippen LogP contribution is 2.29. The largest absolute Gasteiger partial charge is 0.485 e. The third-order valence-corrected chi connectivity index (χ3v) is 7.39. The van der Waals surface area contributed by atoms with E-state index in [-0.39, 0.29) is 12.2 Å². The Labute approximate surface area is 181 Å². The van der Waals surface area contributed by atoms with Crippen LogP contribution in [0.15, 0.2) is 41.8 Å². The number of carbonyl (C=O) groups excluding carboxylic acids is 1. The molecular weight excluding hydrogens is 489 g/mol. The van der Waals surface area contributed by atoms with E-state index in [1.165, 1.54) is 0 Å². The highest BCUT2D eigenvalue weighted by atomic mass is 127. The normalized spacial score (nSPS) is 12.5. The first-order chi connectivity index (χ1) is 12.7. The minimum atomic E-state index is -1.19. The van der Waals surface area contributed by atoms with Crippen molar-refractivity contribution in [1.29, 1.82) is 0 Å². The number of hydrogen-bond acceptors (Lipinski definition) is 4. The van der Waals surface area contributed by atoms with Gasteiger partial charge in [0.2, 0.25) is 0 Å². The Kier molecular flexibility index (Phi) is 8.62. The van der Waals surface area contributed by atoms with E-state index in [0.717, 1.165) is 20.2 Å². The molecule has 148 valence electrons. The summed E-state index contributed by atoms with van der Waals surface area (Å²) in [6.07, 6.45) is 0.374. The molecule has 2 aromatic rings. The molecule has 1 amide bonds. The zero-order valence-electron chi connectivity index (χ0n) is 16.4. The van der Waals surface area contributed by atoms with E-state index < -0.39 is 8.07 Å². The Hall–Kier alpha value is -1.06. The average molecular weight is 518 g/mol. The number of amides is 1. The van der Waals surface area contributed by atoms with Crippen LogP contribution in [0.3, 0.4) is 0 Å². The van der Waals surface area contributed by atoms with Crippen LogP contribution in [-0.4, -0.2) is 39.3 Å². The van der Waals surface area contributed by atoms with Crippen molar-refractivity contribution in [3.8, 4) is 5.75 Å². The molecule has 1 aromatic heterocycles. The van der Waals surface area contributed by atoms with Crippen LogP contribution < -0.4 is 4.74 Å². The van der Waals surface area contributed by atoms with Crippen LogP contribution in [0.4, 0.5) is 4.79 Å². The van der Waals surface area contributed by atoms with Gasteiger partial charge in [-0.05, 0) is 58.3 Å². The van der Waals surface area contributed by atoms with Crippen LogP contribution in [-0.2, 0) is 4.74 Å². The second-order valence-electron chi connectivity index (χ2n) is 7.71. The SMILES string of the molecule is CN(CCC(Oc1cccc(I)c1)c1cccs1)C(=O)OCC[Si](C)(C)C. The quantitative estimate of drug-likeness (QED) is 0.291. The van der Waals surface area contributed by atoms with E-state index in [2.05, 4.69) is 53.7 Å². The monoisotopic (exact) mass is 517 g/mol. The highest BCUT2D eigenvalue weighted by molar-refractivity contribution is 14.1. The van der Waals surface area contributed by atoms with Crippen molar-refractivity contribution in [3.63, 3.8) is 0 Å². The fourth-order valence-corrected chi connectivity index (χ4v) is 4.41. The molecule has 0 fully saturated rings. The summed E-state index contributed by atoms with van der Waals surface area (Å²) in [5.74, 6) is 0.848. The molecule has 7 heteroatoms. The molecule has 0 spiro atoms. The lowest BCUT2D eigenvalue weighted by molar-refractivity contribution is 0.108. The fourth-order valence-electron chi connectivity index (χ4n) is 2.40. The molecule has 2 rings (SSSR count). The number of halogens is 1. The molecule has 1 atom stereocenters. The topological polar surface area (TPSA) is 38.8 Å². The van der Waals surface area contributed by atoms with Crippen LogP contribution >= 0.6 is 33.9 Å². The van der Waals surface area contributed by atoms with Gasteiger partial charge in [-0.25, -0.2) is 4.79 Å². The molecular formula is C20H28INO3SSi. The third-order valence-electron chi connectivity index (χ3n) is 4.05. The van der Waals surface area contributed by atoms with Gasteiger partial charge in [-0.2, -0.15) is 0 Å². The zero-order valence-corrected chi connectivity index (χ0v) is 20.4. The van der Waals surface area contributed by atoms with Crippen molar-refractivity contribution < 1.29 is 14.3 Å². The van der Waals surface area contributed by atoms with Gasteiger partial charge in [0.15, 0.2) is 0 Å². The van der Waals surface area contributed by atoms with Gasteiger partial charge >= 0.3 is 6.09 Å². The lowest BCUT2D eigenvalue weighted by Gasteiger charge is -2.23. The van der Waals surface area contributed by atoms with Crippen molar-refractivity contribution in [3.05, 3.63) is 50.2 Å². The summed E-state index contributed by atoms with van der Waals surface area (Å²) in [4.78, 5) is 15.0. The summed E-state index contributed by atoms with van der Waals surface area (Å²) in [6, 6.07) is 13.1. The Bertz CT molecular complexity index is 718. The molecule has 1 heterocycles. The standard InChI is InChI=1S/C20H28INO3SSi/c1-22(20(23)24-12-14-27(2,3)4)11-10-18(19-9-6-13-26-19)25-17-8-5-7-16(21)15-17/h5-9,13,15,18H,10-12,14H2,1-4H3. The van der Waals surface area contributed by atoms with Gasteiger partial charge in [0.25, 0.3) is 0 Å². The molecule has 0 aliphatic carbocycles. The number of nitrogens with zero attached hydrogens (tertiary/aromatic N) is 1. The van der Waals surface area contributed by atoms with Crippen molar-refractivity contribution in [1.82, 2.24) is 4.90 Å². The summed E-state index contributed by atoms with van der Waals surface area (Å²) < 4.78 is 12.8. The Morgan fingerprint density at radius 1 is 1.26 bits per heavy atom. The van der Waals surface area contributed by atoms with Crippen molar-refractivity contribution in [2.75, 3.05) is 20.2 Å². The Morgan fingerprint density at radius 3 is 2.67 bits per heavy atom. The van der Waals surface area contributed by atoms with Crippen LogP contribution in [0.5, 0.6) is 5.75 Å². The summed E-state index contributed by atoms with van der Waals surface area (Å²) in [5, 5.41) is 2.05. The summed E-state index contributed by atoms with van der Waals surface area (Å²) in [6.45, 7) is 7.92. The highest BCUT2D eigenvalue weighted by Gasteiger charge is 2.19. The summed E-state index contributed by atoms with van der Waals surface area (Å²) >= 11 is 3.95. The molecule has 0 aliphatic heterocycles. The van der Waals surface area contributed by atoms with Gasteiger partial charge in [-0.3, -0.25) is 0 Å². The lowest BCUT2D eigenvalue weighted by Crippen LogP contribution is -2.31. The van der Waals surface area contributed by atoms with Crippen LogP contribution in [0, 0.1) is 3.57 Å². The molecule has 0 bridgehead atoms. The first-order valence-electron chi connectivity index (χ1n) is 9.08. The van der Waals surface area contributed by atoms with E-state index in [0.29, 0.717) is 19.6 Å². The number of rotatable bonds is 9. The molecule has 0 aliphatic rings. The lowest BCUT2D eigenvalue weighted by atomic mass is 10.2. The molecule has 27 heavy (non-hydrogen) atoms. The summed E-state index contributed by atoms with van der Waals surface area (Å²) in [7, 11) is 0.591. The van der Waals surface area contributed by atoms with E-state index in [9.17, 15) is 4.79 Å². The third kappa shape index (κ3) is 8.23. The summed E-state index contributed by atoms with van der Waals surface area (Å²) in [5.41, 5.74) is 0. The first kappa shape index (κ1) is 22.2. The maximum Gasteiger partial charge on any atom is 0.409 e. The number of benzene rings is 1. The second-order valence-corrected chi connectivity index (χ2v) is 15.6.